The summed E-state index contributed by atoms with van der Waals surface area (Å²) >= 11 is 0. The SMILES string of the molecule is NC(CO)S(=O)(=O)C(F)(F)C(F)(F)C(F)(F)C(F)(F)C(F)(F)C(F)(F)C(F)(F)C(F)(F)F. The molecule has 0 radical (unpaired) electrons. The summed E-state index contributed by atoms with van der Waals surface area (Å²) in [6.07, 6.45) is -7.89. The molecule has 0 heterocycles. The third-order valence-electron chi connectivity index (χ3n) is 3.63. The molecule has 0 bridgehead atoms. The summed E-state index contributed by atoms with van der Waals surface area (Å²) in [5.41, 5.74) is 4.17. The molecular formula is C10H6F17NO3S. The Balaban J connectivity index is 6.99. The fraction of sp³-hybridized carbons (Fsp3) is 1.00. The molecule has 0 aliphatic carbocycles. The minimum absolute atomic E-state index is 2.32. The van der Waals surface area contributed by atoms with Gasteiger partial charge in [-0.3, -0.25) is 0 Å². The van der Waals surface area contributed by atoms with Crippen molar-refractivity contribution < 1.29 is 88.2 Å². The van der Waals surface area contributed by atoms with Gasteiger partial charge >= 0.3 is 47.0 Å². The van der Waals surface area contributed by atoms with Crippen LogP contribution in [0.5, 0.6) is 0 Å². The Kier molecular flexibility index (Phi) is 7.29. The van der Waals surface area contributed by atoms with Gasteiger partial charge in [0, 0.05) is 0 Å². The molecule has 1 atom stereocenters. The first-order chi connectivity index (χ1) is 13.5. The van der Waals surface area contributed by atoms with Gasteiger partial charge in [0.15, 0.2) is 0 Å². The van der Waals surface area contributed by atoms with E-state index in [1.807, 2.05) is 0 Å². The van der Waals surface area contributed by atoms with Crippen molar-refractivity contribution in [2.24, 2.45) is 5.73 Å². The molecule has 3 N–H and O–H groups in total. The van der Waals surface area contributed by atoms with E-state index in [1.54, 1.807) is 0 Å². The highest BCUT2D eigenvalue weighted by molar-refractivity contribution is 7.93. The monoisotopic (exact) mass is 543 g/mol. The second kappa shape index (κ2) is 7.60. The molecule has 0 fully saturated rings. The van der Waals surface area contributed by atoms with E-state index in [1.165, 1.54) is 0 Å². The maximum absolute atomic E-state index is 13.4. The lowest BCUT2D eigenvalue weighted by Gasteiger charge is -2.42. The number of sulfone groups is 1. The number of halogens is 17. The third kappa shape index (κ3) is 3.55. The molecule has 0 aromatic heterocycles. The van der Waals surface area contributed by atoms with Gasteiger partial charge in [0.05, 0.1) is 6.61 Å². The summed E-state index contributed by atoms with van der Waals surface area (Å²) in [6.45, 7) is -2.32. The van der Waals surface area contributed by atoms with E-state index in [0.717, 1.165) is 0 Å². The van der Waals surface area contributed by atoms with Gasteiger partial charge in [-0.25, -0.2) is 8.42 Å². The van der Waals surface area contributed by atoms with Gasteiger partial charge in [0.2, 0.25) is 9.84 Å². The molecule has 0 aromatic rings. The van der Waals surface area contributed by atoms with E-state index in [4.69, 9.17) is 5.11 Å². The first-order valence-corrected chi connectivity index (χ1v) is 8.34. The van der Waals surface area contributed by atoms with Crippen LogP contribution in [0.4, 0.5) is 74.6 Å². The van der Waals surface area contributed by atoms with Crippen molar-refractivity contribution in [1.82, 2.24) is 0 Å². The van der Waals surface area contributed by atoms with Gasteiger partial charge in [0.1, 0.15) is 5.37 Å². The van der Waals surface area contributed by atoms with Crippen LogP contribution in [0.1, 0.15) is 0 Å². The molecule has 0 aliphatic rings. The predicted molar refractivity (Wildman–Crippen MR) is 64.7 cm³/mol. The number of aliphatic hydroxyl groups excluding tert-OH is 1. The van der Waals surface area contributed by atoms with Gasteiger partial charge in [0.25, 0.3) is 0 Å². The number of rotatable bonds is 9. The van der Waals surface area contributed by atoms with Crippen LogP contribution < -0.4 is 5.73 Å². The summed E-state index contributed by atoms with van der Waals surface area (Å²) in [4.78, 5) is 0. The molecule has 0 rings (SSSR count). The van der Waals surface area contributed by atoms with Crippen LogP contribution in [0.2, 0.25) is 0 Å². The van der Waals surface area contributed by atoms with E-state index < -0.39 is 68.8 Å². The molecule has 1 unspecified atom stereocenters. The largest absolute Gasteiger partial charge is 0.460 e. The number of hydrogen-bond donors (Lipinski definition) is 2. The second-order valence-electron chi connectivity index (χ2n) is 5.73. The van der Waals surface area contributed by atoms with Gasteiger partial charge in [-0.1, -0.05) is 0 Å². The Bertz CT molecular complexity index is 802. The summed E-state index contributed by atoms with van der Waals surface area (Å²) in [7, 11) is -7.45. The Morgan fingerprint density at radius 2 is 0.812 bits per heavy atom. The highest BCUT2D eigenvalue weighted by Crippen LogP contribution is 2.64. The summed E-state index contributed by atoms with van der Waals surface area (Å²) in [5.74, 6) is -52.0. The zero-order chi connectivity index (χ0) is 26.8. The summed E-state index contributed by atoms with van der Waals surface area (Å²) < 4.78 is 242. The van der Waals surface area contributed by atoms with Gasteiger partial charge in [-0.05, 0) is 0 Å². The van der Waals surface area contributed by atoms with E-state index in [0.29, 0.717) is 0 Å². The smallest absolute Gasteiger partial charge is 0.394 e. The summed E-state index contributed by atoms with van der Waals surface area (Å²) in [6, 6.07) is 0. The minimum atomic E-state index is -8.90. The maximum Gasteiger partial charge on any atom is 0.460 e. The molecule has 0 aliphatic heterocycles. The van der Waals surface area contributed by atoms with Crippen LogP contribution in [0.15, 0.2) is 0 Å². The number of nitrogens with two attached hydrogens (primary N) is 1. The van der Waals surface area contributed by atoms with Gasteiger partial charge in [-0.2, -0.15) is 74.6 Å². The van der Waals surface area contributed by atoms with E-state index in [2.05, 4.69) is 5.73 Å². The lowest BCUT2D eigenvalue weighted by Crippen LogP contribution is -2.75. The lowest BCUT2D eigenvalue weighted by atomic mass is 9.91. The Labute approximate surface area is 164 Å². The van der Waals surface area contributed by atoms with Crippen LogP contribution in [0, 0.1) is 0 Å². The van der Waals surface area contributed by atoms with Crippen LogP contribution in [0.3, 0.4) is 0 Å². The summed E-state index contributed by atoms with van der Waals surface area (Å²) in [5, 5.41) is -3.17. The predicted octanol–water partition coefficient (Wildman–Crippen LogP) is 3.65. The zero-order valence-corrected chi connectivity index (χ0v) is 14.8. The van der Waals surface area contributed by atoms with Crippen molar-refractivity contribution in [2.75, 3.05) is 6.61 Å². The number of alkyl halides is 17. The molecular weight excluding hydrogens is 537 g/mol. The molecule has 0 aromatic carbocycles. The fourth-order valence-corrected chi connectivity index (χ4v) is 2.68. The van der Waals surface area contributed by atoms with Gasteiger partial charge in [-0.15, -0.1) is 0 Å². The standard InChI is InChI=1S/C10H6F17NO3S/c11-3(12,5(15,16)7(19,20)9(23,24)25)4(13,14)6(17,18)8(21,22)10(26,27)32(30,31)2(28)1-29/h2,29H,1,28H2. The van der Waals surface area contributed by atoms with Crippen LogP contribution in [-0.2, 0) is 9.84 Å². The molecule has 4 nitrogen and oxygen atoms in total. The quantitative estimate of drug-likeness (QED) is 0.436. The van der Waals surface area contributed by atoms with Crippen LogP contribution in [-0.4, -0.2) is 72.5 Å². The Morgan fingerprint density at radius 1 is 0.562 bits per heavy atom. The molecule has 0 saturated heterocycles. The van der Waals surface area contributed by atoms with Crippen molar-refractivity contribution in [2.45, 2.75) is 52.3 Å². The first kappa shape index (κ1) is 30.7. The molecule has 194 valence electrons. The molecule has 0 saturated carbocycles. The van der Waals surface area contributed by atoms with Crippen molar-refractivity contribution >= 4 is 9.84 Å². The van der Waals surface area contributed by atoms with Crippen molar-refractivity contribution in [3.05, 3.63) is 0 Å². The second-order valence-corrected chi connectivity index (χ2v) is 7.94. The normalized spacial score (nSPS) is 17.5. The number of hydrogen-bond acceptors (Lipinski definition) is 4. The molecule has 0 spiro atoms. The van der Waals surface area contributed by atoms with Crippen molar-refractivity contribution in [3.8, 4) is 0 Å². The Morgan fingerprint density at radius 3 is 1.06 bits per heavy atom. The van der Waals surface area contributed by atoms with E-state index in [9.17, 15) is 83.1 Å². The lowest BCUT2D eigenvalue weighted by molar-refractivity contribution is -0.458. The van der Waals surface area contributed by atoms with Gasteiger partial charge < -0.3 is 10.8 Å². The third-order valence-corrected chi connectivity index (χ3v) is 5.55. The van der Waals surface area contributed by atoms with Crippen molar-refractivity contribution in [1.29, 1.82) is 0 Å². The molecule has 22 heteroatoms. The molecule has 0 amide bonds. The van der Waals surface area contributed by atoms with E-state index >= 15 is 0 Å². The highest BCUT2D eigenvalue weighted by Gasteiger charge is 2.96. The molecule has 32 heavy (non-hydrogen) atoms. The first-order valence-electron chi connectivity index (χ1n) is 6.79. The van der Waals surface area contributed by atoms with E-state index in [-0.39, 0.29) is 0 Å². The maximum atomic E-state index is 13.4. The Hall–Kier alpha value is -1.32. The minimum Gasteiger partial charge on any atom is -0.394 e. The van der Waals surface area contributed by atoms with Crippen molar-refractivity contribution in [3.63, 3.8) is 0 Å². The number of aliphatic hydroxyl groups is 1. The highest BCUT2D eigenvalue weighted by atomic mass is 32.2. The average molecular weight is 543 g/mol. The topological polar surface area (TPSA) is 80.4 Å². The average Bonchev–Trinajstić information content (AvgIpc) is 2.58. The van der Waals surface area contributed by atoms with Crippen LogP contribution in [0.25, 0.3) is 0 Å². The zero-order valence-electron chi connectivity index (χ0n) is 14.0. The fourth-order valence-electron chi connectivity index (χ4n) is 1.62. The van der Waals surface area contributed by atoms with Crippen LogP contribution >= 0.6 is 0 Å².